The van der Waals surface area contributed by atoms with Gasteiger partial charge in [0.05, 0.1) is 20.3 Å². The number of carbonyl (C=O) groups excluding carboxylic acids is 2. The van der Waals surface area contributed by atoms with E-state index in [-0.39, 0.29) is 19.6 Å². The number of alkyl carbamates (subject to hydrolysis) is 1. The molecule has 0 saturated carbocycles. The van der Waals surface area contributed by atoms with E-state index in [0.29, 0.717) is 6.42 Å². The Morgan fingerprint density at radius 3 is 2.49 bits per heavy atom. The lowest BCUT2D eigenvalue weighted by molar-refractivity contribution is -0.150. The second-order valence-electron chi connectivity index (χ2n) is 11.7. The van der Waals surface area contributed by atoms with Crippen LogP contribution in [0.25, 0.3) is 10.8 Å². The van der Waals surface area contributed by atoms with E-state index in [9.17, 15) is 19.5 Å². The second kappa shape index (κ2) is 11.4. The maximum Gasteiger partial charge on any atom is 0.407 e. The number of hydrogen-bond donors (Lipinski definition) is 2. The zero-order valence-electron chi connectivity index (χ0n) is 23.5. The van der Waals surface area contributed by atoms with Crippen molar-refractivity contribution < 1.29 is 33.7 Å². The third kappa shape index (κ3) is 5.98. The Balaban J connectivity index is 1.81. The number of nitrogens with one attached hydrogen (secondary N) is 1. The summed E-state index contributed by atoms with van der Waals surface area (Å²) >= 11 is 0. The molecule has 9 heteroatoms. The zero-order chi connectivity index (χ0) is 28.4. The average Bonchev–Trinajstić information content (AvgIpc) is 3.31. The van der Waals surface area contributed by atoms with E-state index in [4.69, 9.17) is 14.2 Å². The predicted octanol–water partition coefficient (Wildman–Crippen LogP) is 4.63. The minimum atomic E-state index is -1.12. The quantitative estimate of drug-likeness (QED) is 0.583. The molecule has 1 fully saturated rings. The third-order valence-corrected chi connectivity index (χ3v) is 8.00. The summed E-state index contributed by atoms with van der Waals surface area (Å²) in [6.07, 6.45) is 3.80. The van der Waals surface area contributed by atoms with Crippen molar-refractivity contribution in [3.63, 3.8) is 0 Å². The minimum absolute atomic E-state index is 0.0388. The monoisotopic (exact) mass is 540 g/mol. The Morgan fingerprint density at radius 2 is 1.82 bits per heavy atom. The van der Waals surface area contributed by atoms with E-state index in [1.54, 1.807) is 14.2 Å². The molecule has 2 N–H and O–H groups in total. The lowest BCUT2D eigenvalue weighted by Crippen LogP contribution is -2.57. The van der Waals surface area contributed by atoms with E-state index in [0.717, 1.165) is 53.3 Å². The Bertz CT molecular complexity index is 1240. The minimum Gasteiger partial charge on any atom is -0.496 e. The molecule has 2 aromatic carbocycles. The number of carboxylic acids is 1. The number of carboxylic acid groups (broad SMARTS) is 1. The standard InChI is InChI=1S/C30H40N2O7/c1-29(2,3)25-26(33)32-18-30(38-5,17-23(32)27(34)35)22-12-11-19-16-24(37-4)20(14-21(19)15-22)10-8-6-7-9-13-39-28(36)31-25/h11-12,14-16,23,25H,6-10,13,17-18H2,1-5H3,(H,31,36)(H,34,35)/t23-,25+,30-/m0/s1. The van der Waals surface area contributed by atoms with Gasteiger partial charge < -0.3 is 29.5 Å². The topological polar surface area (TPSA) is 114 Å². The van der Waals surface area contributed by atoms with Gasteiger partial charge in [0.1, 0.15) is 23.4 Å². The van der Waals surface area contributed by atoms with Gasteiger partial charge in [-0.25, -0.2) is 9.59 Å². The number of aliphatic carboxylic acids is 1. The second-order valence-corrected chi connectivity index (χ2v) is 11.7. The largest absolute Gasteiger partial charge is 0.496 e. The van der Waals surface area contributed by atoms with Crippen molar-refractivity contribution in [2.45, 2.75) is 77.0 Å². The van der Waals surface area contributed by atoms with E-state index < -0.39 is 41.1 Å². The van der Waals surface area contributed by atoms with Crippen LogP contribution in [0.1, 0.15) is 64.0 Å². The van der Waals surface area contributed by atoms with Gasteiger partial charge in [0.25, 0.3) is 0 Å². The molecular weight excluding hydrogens is 500 g/mol. The zero-order valence-corrected chi connectivity index (χ0v) is 23.5. The first kappa shape index (κ1) is 28.7. The van der Waals surface area contributed by atoms with Crippen molar-refractivity contribution in [2.24, 2.45) is 5.41 Å². The van der Waals surface area contributed by atoms with Gasteiger partial charge in [-0.3, -0.25) is 4.79 Å². The van der Waals surface area contributed by atoms with E-state index in [2.05, 4.69) is 11.4 Å². The lowest BCUT2D eigenvalue weighted by atomic mass is 9.85. The van der Waals surface area contributed by atoms with E-state index in [1.807, 2.05) is 45.0 Å². The van der Waals surface area contributed by atoms with Crippen LogP contribution >= 0.6 is 0 Å². The first-order chi connectivity index (χ1) is 18.5. The van der Waals surface area contributed by atoms with Crippen molar-refractivity contribution in [1.29, 1.82) is 0 Å². The number of cyclic esters (lactones) is 1. The molecule has 4 rings (SSSR count). The Morgan fingerprint density at radius 1 is 1.08 bits per heavy atom. The highest BCUT2D eigenvalue weighted by Gasteiger charge is 2.52. The van der Waals surface area contributed by atoms with E-state index >= 15 is 0 Å². The number of ether oxygens (including phenoxy) is 3. The van der Waals surface area contributed by atoms with Gasteiger partial charge in [-0.15, -0.1) is 0 Å². The summed E-state index contributed by atoms with van der Waals surface area (Å²) < 4.78 is 17.1. The van der Waals surface area contributed by atoms with Gasteiger partial charge in [0.2, 0.25) is 5.91 Å². The van der Waals surface area contributed by atoms with Crippen molar-refractivity contribution in [2.75, 3.05) is 27.4 Å². The Hall–Kier alpha value is -3.33. The molecule has 0 unspecified atom stereocenters. The number of amides is 2. The van der Waals surface area contributed by atoms with Crippen LogP contribution in [0.5, 0.6) is 5.75 Å². The van der Waals surface area contributed by atoms with Crippen LogP contribution in [0.4, 0.5) is 4.79 Å². The number of aryl methyl sites for hydroxylation is 1. The molecule has 0 spiro atoms. The molecule has 2 aliphatic heterocycles. The number of hydrogen-bond acceptors (Lipinski definition) is 6. The highest BCUT2D eigenvalue weighted by Crippen LogP contribution is 2.42. The molecule has 2 aromatic rings. The number of fused-ring (bicyclic) bond motifs is 5. The summed E-state index contributed by atoms with van der Waals surface area (Å²) in [5.41, 5.74) is 0.183. The van der Waals surface area contributed by atoms with Crippen LogP contribution in [0.3, 0.4) is 0 Å². The number of methoxy groups -OCH3 is 2. The molecule has 212 valence electrons. The molecule has 5 bridgehead atoms. The fraction of sp³-hybridized carbons (Fsp3) is 0.567. The van der Waals surface area contributed by atoms with Gasteiger partial charge in [0, 0.05) is 13.5 Å². The summed E-state index contributed by atoms with van der Waals surface area (Å²) in [5.74, 6) is -0.761. The molecular formula is C30H40N2O7. The van der Waals surface area contributed by atoms with Gasteiger partial charge in [-0.05, 0) is 64.8 Å². The fourth-order valence-corrected chi connectivity index (χ4v) is 5.70. The van der Waals surface area contributed by atoms with Gasteiger partial charge in [-0.2, -0.15) is 0 Å². The van der Waals surface area contributed by atoms with Crippen molar-refractivity contribution in [3.8, 4) is 5.75 Å². The summed E-state index contributed by atoms with van der Waals surface area (Å²) in [6, 6.07) is 8.00. The molecule has 2 amide bonds. The predicted molar refractivity (Wildman–Crippen MR) is 147 cm³/mol. The number of benzene rings is 2. The van der Waals surface area contributed by atoms with Gasteiger partial charge >= 0.3 is 12.1 Å². The van der Waals surface area contributed by atoms with Crippen LogP contribution < -0.4 is 10.1 Å². The number of nitrogens with zero attached hydrogens (tertiary/aromatic N) is 1. The van der Waals surface area contributed by atoms with E-state index in [1.165, 1.54) is 4.90 Å². The van der Waals surface area contributed by atoms with Crippen LogP contribution in [0.2, 0.25) is 0 Å². The number of carbonyl (C=O) groups is 3. The SMILES string of the molecule is COc1cc2ccc3cc2cc1CCCCCCOC(=O)N[C@@H](C(C)(C)C)C(=O)N1C[C@@]3(OC)C[C@H]1C(=O)O. The molecule has 9 nitrogen and oxygen atoms in total. The van der Waals surface area contributed by atoms with Crippen LogP contribution in [-0.4, -0.2) is 67.4 Å². The highest BCUT2D eigenvalue weighted by molar-refractivity contribution is 5.91. The molecule has 3 atom stereocenters. The lowest BCUT2D eigenvalue weighted by Gasteiger charge is -2.35. The molecule has 1 saturated heterocycles. The molecule has 2 heterocycles. The van der Waals surface area contributed by atoms with Crippen molar-refractivity contribution in [3.05, 3.63) is 41.5 Å². The summed E-state index contributed by atoms with van der Waals surface area (Å²) in [5, 5.41) is 14.9. The van der Waals surface area contributed by atoms with Gasteiger partial charge in [0.15, 0.2) is 0 Å². The Labute approximate surface area is 229 Å². The maximum atomic E-state index is 13.9. The van der Waals surface area contributed by atoms with Crippen molar-refractivity contribution in [1.82, 2.24) is 10.2 Å². The number of rotatable bonds is 3. The maximum absolute atomic E-state index is 13.9. The molecule has 0 radical (unpaired) electrons. The molecule has 39 heavy (non-hydrogen) atoms. The van der Waals surface area contributed by atoms with Crippen LogP contribution in [-0.2, 0) is 31.1 Å². The summed E-state index contributed by atoms with van der Waals surface area (Å²) in [7, 11) is 3.21. The normalized spacial score (nSPS) is 25.1. The first-order valence-corrected chi connectivity index (χ1v) is 13.6. The molecule has 0 aliphatic carbocycles. The fourth-order valence-electron chi connectivity index (χ4n) is 5.70. The molecule has 0 aromatic heterocycles. The summed E-state index contributed by atoms with van der Waals surface area (Å²) in [6.45, 7) is 5.77. The smallest absolute Gasteiger partial charge is 0.407 e. The van der Waals surface area contributed by atoms with Crippen LogP contribution in [0, 0.1) is 5.41 Å². The highest BCUT2D eigenvalue weighted by atomic mass is 16.5. The third-order valence-electron chi connectivity index (χ3n) is 8.00. The average molecular weight is 541 g/mol. The van der Waals surface area contributed by atoms with Crippen LogP contribution in [0.15, 0.2) is 30.3 Å². The Kier molecular flexibility index (Phi) is 8.39. The summed E-state index contributed by atoms with van der Waals surface area (Å²) in [4.78, 5) is 40.3. The first-order valence-electron chi connectivity index (χ1n) is 13.6. The molecule has 2 aliphatic rings. The van der Waals surface area contributed by atoms with Gasteiger partial charge in [-0.1, -0.05) is 45.7 Å². The van der Waals surface area contributed by atoms with Crippen molar-refractivity contribution >= 4 is 28.7 Å².